The Balaban J connectivity index is 1.92. The summed E-state index contributed by atoms with van der Waals surface area (Å²) >= 11 is 6.87. The number of rotatable bonds is 3. The van der Waals surface area contributed by atoms with Crippen LogP contribution in [0.4, 0.5) is 18.3 Å². The van der Waals surface area contributed by atoms with Crippen LogP contribution in [0.15, 0.2) is 30.3 Å². The number of hydrogen-bond acceptors (Lipinski definition) is 4. The van der Waals surface area contributed by atoms with E-state index < -0.39 is 17.6 Å². The van der Waals surface area contributed by atoms with E-state index in [0.29, 0.717) is 27.2 Å². The van der Waals surface area contributed by atoms with Gasteiger partial charge in [0, 0.05) is 5.02 Å². The molecule has 1 amide bonds. The third-order valence-corrected chi connectivity index (χ3v) is 4.87. The number of phenols is 1. The van der Waals surface area contributed by atoms with Crippen LogP contribution in [0.1, 0.15) is 28.4 Å². The van der Waals surface area contributed by atoms with Crippen molar-refractivity contribution in [2.24, 2.45) is 0 Å². The molecule has 0 radical (unpaired) electrons. The number of carbonyl (C=O) groups is 1. The number of aromatic nitrogens is 1. The van der Waals surface area contributed by atoms with Gasteiger partial charge < -0.3 is 5.11 Å². The van der Waals surface area contributed by atoms with E-state index in [4.69, 9.17) is 11.6 Å². The van der Waals surface area contributed by atoms with Gasteiger partial charge in [0.15, 0.2) is 5.13 Å². The Bertz CT molecular complexity index is 1000. The number of anilines is 1. The molecular formula is C17H12ClF3N2O2S. The second-order valence-electron chi connectivity index (χ2n) is 5.47. The van der Waals surface area contributed by atoms with Crippen molar-refractivity contribution in [3.05, 3.63) is 52.0 Å². The van der Waals surface area contributed by atoms with Crippen molar-refractivity contribution < 1.29 is 23.1 Å². The predicted molar refractivity (Wildman–Crippen MR) is 95.1 cm³/mol. The normalized spacial score (nSPS) is 11.7. The molecule has 9 heteroatoms. The predicted octanol–water partition coefficient (Wildman–Crippen LogP) is 5.49. The molecular weight excluding hydrogens is 389 g/mol. The molecule has 0 fully saturated rings. The fourth-order valence-corrected chi connectivity index (χ4v) is 3.56. The summed E-state index contributed by atoms with van der Waals surface area (Å²) in [6.45, 7) is 1.80. The molecule has 3 aromatic rings. The molecule has 4 nitrogen and oxygen atoms in total. The minimum atomic E-state index is -4.45. The summed E-state index contributed by atoms with van der Waals surface area (Å²) in [5, 5.41) is 13.1. The highest BCUT2D eigenvalue weighted by atomic mass is 35.5. The monoisotopic (exact) mass is 400 g/mol. The summed E-state index contributed by atoms with van der Waals surface area (Å²) in [6, 6.07) is 6.04. The van der Waals surface area contributed by atoms with Gasteiger partial charge in [-0.05, 0) is 42.3 Å². The maximum Gasteiger partial charge on any atom is 0.416 e. The first-order chi connectivity index (χ1) is 12.2. The highest BCUT2D eigenvalue weighted by molar-refractivity contribution is 7.22. The number of alkyl halides is 3. The van der Waals surface area contributed by atoms with E-state index in [0.717, 1.165) is 23.5 Å². The van der Waals surface area contributed by atoms with Crippen LogP contribution in [0, 0.1) is 0 Å². The number of phenolic OH excluding ortho intramolecular Hbond substituents is 1. The number of nitrogens with zero attached hydrogens (tertiary/aromatic N) is 1. The van der Waals surface area contributed by atoms with Crippen LogP contribution in [0.3, 0.4) is 0 Å². The highest BCUT2D eigenvalue weighted by Crippen LogP contribution is 2.35. The van der Waals surface area contributed by atoms with Gasteiger partial charge in [0.05, 0.1) is 21.3 Å². The number of benzene rings is 2. The summed E-state index contributed by atoms with van der Waals surface area (Å²) in [5.74, 6) is -0.829. The molecule has 2 aromatic carbocycles. The molecule has 26 heavy (non-hydrogen) atoms. The fraction of sp³-hybridized carbons (Fsp3) is 0.176. The fourth-order valence-electron chi connectivity index (χ4n) is 2.42. The third kappa shape index (κ3) is 3.61. The lowest BCUT2D eigenvalue weighted by molar-refractivity contribution is -0.137. The lowest BCUT2D eigenvalue weighted by atomic mass is 10.1. The summed E-state index contributed by atoms with van der Waals surface area (Å²) in [5.41, 5.74) is 0.0424. The molecule has 136 valence electrons. The van der Waals surface area contributed by atoms with Gasteiger partial charge >= 0.3 is 6.18 Å². The number of hydrogen-bond donors (Lipinski definition) is 2. The lowest BCUT2D eigenvalue weighted by Gasteiger charge is -2.09. The number of halogens is 4. The molecule has 0 bridgehead atoms. The van der Waals surface area contributed by atoms with Gasteiger partial charge in [-0.1, -0.05) is 29.9 Å². The molecule has 0 saturated carbocycles. The standard InChI is InChI=1S/C17H12ClF3N2O2S/c1-2-8-5-10(18)7-11(14(8)24)15(25)23-16-22-12-4-3-9(17(19,20)21)6-13(12)26-16/h3-7,24H,2H2,1H3,(H,22,23,25). The Kier molecular flexibility index (Phi) is 4.81. The zero-order valence-electron chi connectivity index (χ0n) is 13.3. The topological polar surface area (TPSA) is 62.2 Å². The van der Waals surface area contributed by atoms with E-state index in [1.807, 2.05) is 0 Å². The average molecular weight is 401 g/mol. The zero-order chi connectivity index (χ0) is 19.1. The maximum absolute atomic E-state index is 12.8. The van der Waals surface area contributed by atoms with Crippen molar-refractivity contribution in [1.82, 2.24) is 4.98 Å². The average Bonchev–Trinajstić information content (AvgIpc) is 2.96. The molecule has 1 heterocycles. The molecule has 0 aliphatic carbocycles. The molecule has 0 saturated heterocycles. The first-order valence-electron chi connectivity index (χ1n) is 7.49. The molecule has 0 atom stereocenters. The van der Waals surface area contributed by atoms with Crippen LogP contribution >= 0.6 is 22.9 Å². The van der Waals surface area contributed by atoms with Crippen molar-refractivity contribution >= 4 is 44.2 Å². The molecule has 0 aliphatic heterocycles. The number of nitrogens with one attached hydrogen (secondary N) is 1. The van der Waals surface area contributed by atoms with Crippen LogP contribution in [0.2, 0.25) is 5.02 Å². The van der Waals surface area contributed by atoms with Gasteiger partial charge in [0.25, 0.3) is 5.91 Å². The van der Waals surface area contributed by atoms with Crippen molar-refractivity contribution in [2.45, 2.75) is 19.5 Å². The summed E-state index contributed by atoms with van der Waals surface area (Å²) < 4.78 is 38.6. The molecule has 0 spiro atoms. The van der Waals surface area contributed by atoms with Crippen molar-refractivity contribution in [3.63, 3.8) is 0 Å². The number of fused-ring (bicyclic) bond motifs is 1. The van der Waals surface area contributed by atoms with Gasteiger partial charge in [0.2, 0.25) is 0 Å². The van der Waals surface area contributed by atoms with E-state index in [1.54, 1.807) is 13.0 Å². The molecule has 0 unspecified atom stereocenters. The molecule has 0 aliphatic rings. The Morgan fingerprint density at radius 2 is 2.04 bits per heavy atom. The third-order valence-electron chi connectivity index (χ3n) is 3.72. The Morgan fingerprint density at radius 3 is 2.69 bits per heavy atom. The smallest absolute Gasteiger partial charge is 0.416 e. The number of thiazole rings is 1. The van der Waals surface area contributed by atoms with E-state index in [9.17, 15) is 23.1 Å². The minimum Gasteiger partial charge on any atom is -0.507 e. The second kappa shape index (κ2) is 6.77. The van der Waals surface area contributed by atoms with Gasteiger partial charge in [0.1, 0.15) is 5.75 Å². The Hall–Kier alpha value is -2.32. The maximum atomic E-state index is 12.8. The summed E-state index contributed by atoms with van der Waals surface area (Å²) in [6.07, 6.45) is -3.97. The summed E-state index contributed by atoms with van der Waals surface area (Å²) in [7, 11) is 0. The van der Waals surface area contributed by atoms with Gasteiger partial charge in [-0.15, -0.1) is 0 Å². The largest absolute Gasteiger partial charge is 0.507 e. The zero-order valence-corrected chi connectivity index (χ0v) is 14.9. The number of aryl methyl sites for hydroxylation is 1. The van der Waals surface area contributed by atoms with Crippen LogP contribution in [-0.4, -0.2) is 16.0 Å². The van der Waals surface area contributed by atoms with Gasteiger partial charge in [-0.25, -0.2) is 4.98 Å². The van der Waals surface area contributed by atoms with Crippen LogP contribution < -0.4 is 5.32 Å². The van der Waals surface area contributed by atoms with Crippen LogP contribution in [0.25, 0.3) is 10.2 Å². The second-order valence-corrected chi connectivity index (χ2v) is 6.94. The Labute approximate surface area is 155 Å². The number of carbonyl (C=O) groups excluding carboxylic acids is 1. The van der Waals surface area contributed by atoms with Crippen molar-refractivity contribution in [1.29, 1.82) is 0 Å². The first kappa shape index (κ1) is 18.5. The highest BCUT2D eigenvalue weighted by Gasteiger charge is 2.30. The van der Waals surface area contributed by atoms with Gasteiger partial charge in [-0.2, -0.15) is 13.2 Å². The lowest BCUT2D eigenvalue weighted by Crippen LogP contribution is -2.12. The number of amides is 1. The summed E-state index contributed by atoms with van der Waals surface area (Å²) in [4.78, 5) is 16.5. The molecule has 2 N–H and O–H groups in total. The SMILES string of the molecule is CCc1cc(Cl)cc(C(=O)Nc2nc3ccc(C(F)(F)F)cc3s2)c1O. The van der Waals surface area contributed by atoms with E-state index in [-0.39, 0.29) is 16.4 Å². The van der Waals surface area contributed by atoms with Crippen LogP contribution in [-0.2, 0) is 12.6 Å². The Morgan fingerprint density at radius 1 is 1.31 bits per heavy atom. The molecule has 1 aromatic heterocycles. The van der Waals surface area contributed by atoms with E-state index in [1.165, 1.54) is 12.1 Å². The van der Waals surface area contributed by atoms with E-state index >= 15 is 0 Å². The number of aromatic hydroxyl groups is 1. The first-order valence-corrected chi connectivity index (χ1v) is 8.69. The van der Waals surface area contributed by atoms with Crippen LogP contribution in [0.5, 0.6) is 5.75 Å². The van der Waals surface area contributed by atoms with E-state index in [2.05, 4.69) is 10.3 Å². The van der Waals surface area contributed by atoms with Crippen molar-refractivity contribution in [3.8, 4) is 5.75 Å². The molecule has 3 rings (SSSR count). The van der Waals surface area contributed by atoms with Gasteiger partial charge in [-0.3, -0.25) is 10.1 Å². The minimum absolute atomic E-state index is 0.0235. The quantitative estimate of drug-likeness (QED) is 0.611. The van der Waals surface area contributed by atoms with Crippen molar-refractivity contribution in [2.75, 3.05) is 5.32 Å².